The number of para-hydroxylation sites is 1. The molecule has 10 aromatic carbocycles. The monoisotopic (exact) mass is 835 g/mol. The normalized spacial score (nSPS) is 11.8. The maximum atomic E-state index is 7.18. The maximum absolute atomic E-state index is 7.18. The van der Waals surface area contributed by atoms with E-state index in [2.05, 4.69) is 229 Å². The largest absolute Gasteiger partial charge is 0.455 e. The molecule has 13 rings (SSSR count). The lowest BCUT2D eigenvalue weighted by Crippen LogP contribution is -2.12. The molecular weight excluding hydrogens is 799 g/mol. The lowest BCUT2D eigenvalue weighted by molar-refractivity contribution is 0.670. The van der Waals surface area contributed by atoms with Crippen molar-refractivity contribution in [3.63, 3.8) is 0 Å². The van der Waals surface area contributed by atoms with Gasteiger partial charge in [-0.15, -0.1) is 11.3 Å². The number of anilines is 3. The third-order valence-corrected chi connectivity index (χ3v) is 13.9. The molecule has 0 atom stereocenters. The molecular formula is C60H37NO2S. The fourth-order valence-corrected chi connectivity index (χ4v) is 11.0. The molecule has 64 heavy (non-hydrogen) atoms. The molecule has 0 unspecified atom stereocenters. The van der Waals surface area contributed by atoms with Crippen LogP contribution in [0.15, 0.2) is 233 Å². The second-order valence-electron chi connectivity index (χ2n) is 16.3. The molecule has 0 saturated heterocycles. The van der Waals surface area contributed by atoms with Gasteiger partial charge in [0.05, 0.1) is 32.5 Å². The van der Waals surface area contributed by atoms with Gasteiger partial charge in [0.2, 0.25) is 0 Å². The zero-order chi connectivity index (χ0) is 42.1. The second-order valence-corrected chi connectivity index (χ2v) is 17.4. The molecule has 0 radical (unpaired) electrons. The van der Waals surface area contributed by atoms with Crippen LogP contribution in [0.1, 0.15) is 0 Å². The molecule has 0 fully saturated rings. The zero-order valence-corrected chi connectivity index (χ0v) is 35.4. The Labute approximate surface area is 373 Å². The third-order valence-electron chi connectivity index (χ3n) is 12.7. The highest BCUT2D eigenvalue weighted by atomic mass is 32.1. The van der Waals surface area contributed by atoms with E-state index in [9.17, 15) is 0 Å². The average molecular weight is 836 g/mol. The Morgan fingerprint density at radius 1 is 0.328 bits per heavy atom. The van der Waals surface area contributed by atoms with E-state index in [1.54, 1.807) is 0 Å². The molecule has 300 valence electrons. The number of nitrogens with zero attached hydrogens (tertiary/aromatic N) is 1. The number of hydrogen-bond donors (Lipinski definition) is 0. The predicted octanol–water partition coefficient (Wildman–Crippen LogP) is 18.0. The van der Waals surface area contributed by atoms with E-state index in [1.165, 1.54) is 20.2 Å². The van der Waals surface area contributed by atoms with Crippen LogP contribution in [0.5, 0.6) is 0 Å². The van der Waals surface area contributed by atoms with Gasteiger partial charge in [-0.05, 0) is 76.3 Å². The Morgan fingerprint density at radius 3 is 1.64 bits per heavy atom. The van der Waals surface area contributed by atoms with Gasteiger partial charge in [-0.25, -0.2) is 0 Å². The highest BCUT2D eigenvalue weighted by Crippen LogP contribution is 2.55. The maximum Gasteiger partial charge on any atom is 0.145 e. The van der Waals surface area contributed by atoms with Crippen LogP contribution in [0.4, 0.5) is 17.1 Å². The van der Waals surface area contributed by atoms with Gasteiger partial charge in [0.1, 0.15) is 22.3 Å². The van der Waals surface area contributed by atoms with Crippen molar-refractivity contribution >= 4 is 92.4 Å². The van der Waals surface area contributed by atoms with Crippen LogP contribution in [0.25, 0.3) is 109 Å². The van der Waals surface area contributed by atoms with Crippen LogP contribution in [-0.2, 0) is 0 Å². The summed E-state index contributed by atoms with van der Waals surface area (Å²) in [5, 5.41) is 6.67. The Kier molecular flexibility index (Phi) is 8.40. The number of rotatable bonds is 7. The number of thiophene rings is 1. The highest BCUT2D eigenvalue weighted by molar-refractivity contribution is 7.26. The van der Waals surface area contributed by atoms with E-state index in [-0.39, 0.29) is 0 Å². The van der Waals surface area contributed by atoms with Crippen molar-refractivity contribution in [1.82, 2.24) is 0 Å². The summed E-state index contributed by atoms with van der Waals surface area (Å²) < 4.78 is 16.7. The number of fused-ring (bicyclic) bond motifs is 9. The van der Waals surface area contributed by atoms with Crippen molar-refractivity contribution in [2.75, 3.05) is 4.90 Å². The van der Waals surface area contributed by atoms with Crippen LogP contribution >= 0.6 is 11.3 Å². The molecule has 0 saturated carbocycles. The minimum Gasteiger partial charge on any atom is -0.455 e. The summed E-state index contributed by atoms with van der Waals surface area (Å²) in [6.45, 7) is 0. The Morgan fingerprint density at radius 2 is 0.906 bits per heavy atom. The smallest absolute Gasteiger partial charge is 0.145 e. The predicted molar refractivity (Wildman–Crippen MR) is 270 cm³/mol. The van der Waals surface area contributed by atoms with E-state index in [0.29, 0.717) is 0 Å². The van der Waals surface area contributed by atoms with Crippen LogP contribution in [-0.4, -0.2) is 0 Å². The van der Waals surface area contributed by atoms with Crippen LogP contribution in [0.2, 0.25) is 0 Å². The molecule has 0 spiro atoms. The molecule has 3 heterocycles. The summed E-state index contributed by atoms with van der Waals surface area (Å²) in [7, 11) is 0. The lowest BCUT2D eigenvalue weighted by atomic mass is 9.95. The van der Waals surface area contributed by atoms with E-state index < -0.39 is 0 Å². The Hall–Kier alpha value is -8.18. The van der Waals surface area contributed by atoms with Crippen LogP contribution < -0.4 is 4.90 Å². The molecule has 0 aliphatic carbocycles. The van der Waals surface area contributed by atoms with Crippen molar-refractivity contribution in [2.24, 2.45) is 0 Å². The molecule has 0 amide bonds. The topological polar surface area (TPSA) is 29.5 Å². The van der Waals surface area contributed by atoms with Gasteiger partial charge in [-0.1, -0.05) is 176 Å². The van der Waals surface area contributed by atoms with E-state index >= 15 is 0 Å². The summed E-state index contributed by atoms with van der Waals surface area (Å²) in [5.41, 5.74) is 15.3. The fourth-order valence-electron chi connectivity index (χ4n) is 9.78. The molecule has 13 aromatic rings. The lowest BCUT2D eigenvalue weighted by Gasteiger charge is -2.30. The summed E-state index contributed by atoms with van der Waals surface area (Å²) in [6.07, 6.45) is 0. The van der Waals surface area contributed by atoms with Crippen LogP contribution in [0.3, 0.4) is 0 Å². The second kappa shape index (κ2) is 14.7. The quantitative estimate of drug-likeness (QED) is 0.160. The zero-order valence-electron chi connectivity index (χ0n) is 34.5. The van der Waals surface area contributed by atoms with Gasteiger partial charge in [0.15, 0.2) is 0 Å². The Bertz CT molecular complexity index is 3890. The first kappa shape index (κ1) is 36.5. The van der Waals surface area contributed by atoms with Gasteiger partial charge in [-0.2, -0.15) is 0 Å². The van der Waals surface area contributed by atoms with Gasteiger partial charge < -0.3 is 13.7 Å². The molecule has 0 N–H and O–H groups in total. The van der Waals surface area contributed by atoms with Crippen molar-refractivity contribution in [3.8, 4) is 44.5 Å². The van der Waals surface area contributed by atoms with E-state index in [1.807, 2.05) is 11.3 Å². The molecule has 3 aromatic heterocycles. The molecule has 4 heteroatoms. The number of hydrogen-bond acceptors (Lipinski definition) is 4. The van der Waals surface area contributed by atoms with Gasteiger partial charge >= 0.3 is 0 Å². The summed E-state index contributed by atoms with van der Waals surface area (Å²) >= 11 is 1.84. The number of benzene rings is 10. The molecule has 0 aliphatic heterocycles. The molecule has 0 aliphatic rings. The van der Waals surface area contributed by atoms with Crippen LogP contribution in [0, 0.1) is 0 Å². The average Bonchev–Trinajstić information content (AvgIpc) is 4.07. The standard InChI is InChI=1S/C60H37NO2S/c1-5-17-38(18-6-1)42-31-32-48-53(37-42)63-59-45(41-23-11-4-12-24-41)33-35-50(55(48)59)61(51-29-16-27-47-46-25-13-14-30-54(46)64-60(47)51)57-43(39-19-7-2-8-20-39)34-36-52-56(57)49-28-15-26-44(58(49)62-52)40-21-9-3-10-22-40/h1-37H. The third kappa shape index (κ3) is 5.73. The molecule has 3 nitrogen and oxygen atoms in total. The van der Waals surface area contributed by atoms with Gasteiger partial charge in [-0.3, -0.25) is 0 Å². The number of furan rings is 2. The SMILES string of the molecule is c1ccc(-c2ccc3c(c2)oc2c(-c4ccccc4)ccc(N(c4cccc5c4sc4ccccc45)c4c(-c5ccccc5)ccc5oc6c(-c7ccccc7)cccc6c45)c23)cc1. The summed E-state index contributed by atoms with van der Waals surface area (Å²) in [5.74, 6) is 0. The Balaban J connectivity index is 1.21. The van der Waals surface area contributed by atoms with Crippen molar-refractivity contribution in [2.45, 2.75) is 0 Å². The van der Waals surface area contributed by atoms with Gasteiger partial charge in [0, 0.05) is 42.9 Å². The fraction of sp³-hybridized carbons (Fsp3) is 0. The molecule has 0 bridgehead atoms. The van der Waals surface area contributed by atoms with Crippen molar-refractivity contribution in [3.05, 3.63) is 224 Å². The van der Waals surface area contributed by atoms with Gasteiger partial charge in [0.25, 0.3) is 0 Å². The van der Waals surface area contributed by atoms with Crippen molar-refractivity contribution < 1.29 is 8.83 Å². The van der Waals surface area contributed by atoms with E-state index in [0.717, 1.165) is 105 Å². The highest BCUT2D eigenvalue weighted by Gasteiger charge is 2.30. The summed E-state index contributed by atoms with van der Waals surface area (Å²) in [6, 6.07) is 80.2. The first-order chi connectivity index (χ1) is 31.8. The summed E-state index contributed by atoms with van der Waals surface area (Å²) in [4.78, 5) is 2.52. The van der Waals surface area contributed by atoms with E-state index in [4.69, 9.17) is 8.83 Å². The first-order valence-corrected chi connectivity index (χ1v) is 22.5. The first-order valence-electron chi connectivity index (χ1n) is 21.7. The minimum absolute atomic E-state index is 0.822. The van der Waals surface area contributed by atoms with Crippen molar-refractivity contribution in [1.29, 1.82) is 0 Å². The minimum atomic E-state index is 0.822.